The van der Waals surface area contributed by atoms with Gasteiger partial charge in [0, 0.05) is 118 Å². The lowest BCUT2D eigenvalue weighted by Gasteiger charge is -2.36. The first-order chi connectivity index (χ1) is 66.7. The molecule has 4 aromatic carbocycles. The maximum absolute atomic E-state index is 16.2. The summed E-state index contributed by atoms with van der Waals surface area (Å²) in [7, 11) is 5.38. The highest BCUT2D eigenvalue weighted by molar-refractivity contribution is 8.00. The number of primary amides is 2. The SMILES string of the molecule is CCCC[C@H]1C(=O)N(C)[C@@H](CCCC)C(=O)N[C@@H](CCCNC(=N)N)C(=O)N[C@H](C(=O)NCC(N)=O)CSCC(=O)N[C@@H](Cc2ccc(O)cc2)C(=O)N(C)[C@@H](C)C(=O)N[C@@H](CC(N)=O)C(=O)N2CCC[C@H]2C(=O)N[C@@H](CN)C(=O)N[C@@H](CC(C)C)C(=O)N2C[C@H](O)C[C@H]2C(=O)N[C@@H](Cc2c[nH]c3ccccc23)C(=O)N[C@@H](CO)C(=O)N[C@@H](Cc2c(-c3cccc(OC)c3)[nH]c3ccccc23)C(=O)N1C. The third kappa shape index (κ3) is 29.8. The number of carbonyl (C=O) groups excluding carboxylic acids is 17. The number of fused-ring (bicyclic) bond motifs is 4. The highest BCUT2D eigenvalue weighted by Crippen LogP contribution is 2.35. The molecule has 760 valence electrons. The Kier molecular flexibility index (Phi) is 40.9. The Morgan fingerprint density at radius 1 is 0.579 bits per heavy atom. The molecule has 0 aliphatic carbocycles. The van der Waals surface area contributed by atoms with Crippen molar-refractivity contribution in [3.63, 3.8) is 0 Å². The molecular weight excluding hydrogens is 1830 g/mol. The van der Waals surface area contributed by atoms with Crippen LogP contribution in [0.4, 0.5) is 0 Å². The van der Waals surface area contributed by atoms with E-state index >= 15 is 38.4 Å². The molecule has 0 unspecified atom stereocenters. The number of methoxy groups -OCH3 is 1. The maximum Gasteiger partial charge on any atom is 0.246 e. The number of para-hydroxylation sites is 2. The number of hydrogen-bond donors (Lipinski definition) is 21. The summed E-state index contributed by atoms with van der Waals surface area (Å²) in [6, 6.07) is 4.36. The smallest absolute Gasteiger partial charge is 0.246 e. The van der Waals surface area contributed by atoms with Crippen LogP contribution in [0, 0.1) is 11.3 Å². The van der Waals surface area contributed by atoms with Crippen molar-refractivity contribution in [1.82, 2.24) is 93.0 Å². The Bertz CT molecular complexity index is 5440. The maximum atomic E-state index is 16.2. The van der Waals surface area contributed by atoms with Crippen molar-refractivity contribution in [2.24, 2.45) is 28.9 Å². The molecule has 0 spiro atoms. The summed E-state index contributed by atoms with van der Waals surface area (Å²) in [5, 5.41) is 71.1. The lowest BCUT2D eigenvalue weighted by Crippen LogP contribution is -2.62. The second kappa shape index (κ2) is 52.2. The number of ether oxygens (including phenoxy) is 1. The van der Waals surface area contributed by atoms with E-state index in [0.717, 1.165) is 36.3 Å². The van der Waals surface area contributed by atoms with Crippen molar-refractivity contribution >= 4 is 140 Å². The van der Waals surface area contributed by atoms with E-state index in [9.17, 15) is 58.5 Å². The van der Waals surface area contributed by atoms with Crippen molar-refractivity contribution in [3.8, 4) is 22.8 Å². The van der Waals surface area contributed by atoms with Gasteiger partial charge in [0.1, 0.15) is 96.1 Å². The quantitative estimate of drug-likeness (QED) is 0.0147. The second-order valence-corrected chi connectivity index (χ2v) is 36.9. The van der Waals surface area contributed by atoms with Crippen LogP contribution in [-0.4, -0.2) is 326 Å². The van der Waals surface area contributed by atoms with Crippen LogP contribution >= 0.6 is 11.8 Å². The molecule has 0 saturated carbocycles. The van der Waals surface area contributed by atoms with E-state index in [2.05, 4.69) is 68.5 Å². The fourth-order valence-electron chi connectivity index (χ4n) is 17.3. The number of nitrogens with two attached hydrogens (primary N) is 4. The number of phenolic OH excluding ortho intramolecular Hbond substituents is 1. The van der Waals surface area contributed by atoms with Crippen LogP contribution in [-0.2, 0) is 101 Å². The molecule has 0 radical (unpaired) electrons. The highest BCUT2D eigenvalue weighted by Gasteiger charge is 2.47. The highest BCUT2D eigenvalue weighted by atomic mass is 32.2. The molecule has 3 fully saturated rings. The van der Waals surface area contributed by atoms with E-state index in [1.54, 1.807) is 92.8 Å². The Labute approximate surface area is 814 Å². The summed E-state index contributed by atoms with van der Waals surface area (Å²) in [5.74, 6) is -17.9. The summed E-state index contributed by atoms with van der Waals surface area (Å²) in [6.07, 6.45) is -0.696. The average molecular weight is 1970 g/mol. The fraction of sp³-hybridized carbons (Fsp3) is 0.516. The van der Waals surface area contributed by atoms with E-state index in [1.165, 1.54) is 59.4 Å². The first kappa shape index (κ1) is 110. The molecule has 45 heteroatoms. The third-order valence-electron chi connectivity index (χ3n) is 25.1. The zero-order valence-corrected chi connectivity index (χ0v) is 81.0. The number of aromatic amines is 2. The summed E-state index contributed by atoms with van der Waals surface area (Å²) in [4.78, 5) is 263. The van der Waals surface area contributed by atoms with Gasteiger partial charge in [-0.3, -0.25) is 86.9 Å². The van der Waals surface area contributed by atoms with E-state index in [4.69, 9.17) is 33.1 Å². The number of carbonyl (C=O) groups is 17. The molecule has 15 atom stereocenters. The molecule has 2 aromatic heterocycles. The zero-order chi connectivity index (χ0) is 102. The van der Waals surface area contributed by atoms with E-state index in [0.29, 0.717) is 81.2 Å². The number of aliphatic hydroxyl groups is 2. The monoisotopic (exact) mass is 1960 g/mol. The number of hydrogen-bond acceptors (Lipinski definition) is 24. The predicted molar refractivity (Wildman–Crippen MR) is 519 cm³/mol. The minimum Gasteiger partial charge on any atom is -0.508 e. The van der Waals surface area contributed by atoms with Gasteiger partial charge >= 0.3 is 0 Å². The zero-order valence-electron chi connectivity index (χ0n) is 80.2. The number of thioether (sulfide) groups is 1. The van der Waals surface area contributed by atoms with Gasteiger partial charge in [-0.05, 0) is 111 Å². The summed E-state index contributed by atoms with van der Waals surface area (Å²) in [6.45, 7) is 5.30. The van der Waals surface area contributed by atoms with Crippen LogP contribution in [0.5, 0.6) is 11.5 Å². The first-order valence-electron chi connectivity index (χ1n) is 46.9. The summed E-state index contributed by atoms with van der Waals surface area (Å²) < 4.78 is 5.65. The molecule has 17 amide bonds. The van der Waals surface area contributed by atoms with Gasteiger partial charge in [-0.25, -0.2) is 0 Å². The van der Waals surface area contributed by atoms with Crippen LogP contribution in [0.3, 0.4) is 0 Å². The predicted octanol–water partition coefficient (Wildman–Crippen LogP) is -2.26. The number of nitrogens with one attached hydrogen (secondary N) is 14. The Hall–Kier alpha value is -14.0. The molecule has 3 saturated heterocycles. The van der Waals surface area contributed by atoms with Crippen LogP contribution in [0.15, 0.2) is 103 Å². The topological polar surface area (TPSA) is 668 Å². The lowest BCUT2D eigenvalue weighted by molar-refractivity contribution is -0.149. The number of aliphatic hydroxyl groups excluding tert-OH is 2. The number of rotatable bonds is 27. The number of aromatic nitrogens is 2. The number of likely N-dealkylation sites (N-methyl/N-ethyl adjacent to an activating group) is 3. The molecule has 44 nitrogen and oxygen atoms in total. The third-order valence-corrected chi connectivity index (χ3v) is 26.1. The van der Waals surface area contributed by atoms with Crippen molar-refractivity contribution in [2.75, 3.05) is 79.1 Å². The fourth-order valence-corrected chi connectivity index (χ4v) is 18.2. The summed E-state index contributed by atoms with van der Waals surface area (Å²) >= 11 is 0.755. The Morgan fingerprint density at radius 3 is 1.82 bits per heavy atom. The standard InChI is InChI=1S/C95H133N23O21S/c1-10-12-28-73-87(131)106-64(27-19-35-101-95(99)100)83(127)113-72(82(126)103-46-78(98)123)49-140-50-79(124)104-67(38-53-31-33-56(120)34-32-53)90(134)114(6)52(5)81(125)108-69(43-77(97)122)92(136)117-36-20-30-74(117)88(132)111-70(44-96)85(129)109-66(37-51(3)4)93(137)118-47-57(121)41-76(118)89(133)107-65(40-55-45-102-62-25-16-14-23-59(55)62)84(128)112-71(48-119)86(130)110-68(91(135)116(8)75(29-13-11-2)94(138)115(73)7)42-61-60-24-15-17-26-63(60)105-80(61)54-21-18-22-58(39-54)139-9/h14-18,21-26,31-34,39,45,51-52,57,64-76,102,105,119-121H,10-13,19-20,27-30,35-38,40-44,46-50,96H2,1-9H3,(H2,97,122)(H2,98,123)(H,103,126)(H,104,124)(H,106,131)(H,107,133)(H,108,125)(H,109,129)(H,110,130)(H,111,132)(H,112,128)(H,113,127)(H4,99,100,101)/t52-,57+,64-,65-,66-,67-,68-,69-,70-,71-,72-,73-,74-,75-,76-/m0/s1. The van der Waals surface area contributed by atoms with E-state index < -0.39 is 248 Å². The molecular formula is C95H133N23O21S. The van der Waals surface area contributed by atoms with Crippen molar-refractivity contribution < 1.29 is 102 Å². The van der Waals surface area contributed by atoms with E-state index in [1.807, 2.05) is 13.8 Å². The van der Waals surface area contributed by atoms with E-state index in [-0.39, 0.29) is 89.0 Å². The molecule has 0 bridgehead atoms. The minimum atomic E-state index is -1.94. The van der Waals surface area contributed by atoms with Crippen molar-refractivity contribution in [2.45, 2.75) is 228 Å². The Morgan fingerprint density at radius 2 is 1.16 bits per heavy atom. The number of aromatic hydroxyl groups is 1. The number of amides is 17. The van der Waals surface area contributed by atoms with Gasteiger partial charge in [-0.2, -0.15) is 0 Å². The van der Waals surface area contributed by atoms with Gasteiger partial charge in [-0.1, -0.05) is 114 Å². The normalized spacial score (nSPS) is 24.3. The van der Waals surface area contributed by atoms with Gasteiger partial charge in [0.25, 0.3) is 0 Å². The van der Waals surface area contributed by atoms with Gasteiger partial charge in [0.05, 0.1) is 38.5 Å². The minimum absolute atomic E-state index is 0.0209. The van der Waals surface area contributed by atoms with Gasteiger partial charge in [0.15, 0.2) is 5.96 Å². The molecule has 6 aromatic rings. The van der Waals surface area contributed by atoms with Crippen molar-refractivity contribution in [3.05, 3.63) is 120 Å². The average Bonchev–Trinajstić information content (AvgIpc) is 1.62. The number of H-pyrrole nitrogens is 2. The molecule has 140 heavy (non-hydrogen) atoms. The second-order valence-electron chi connectivity index (χ2n) is 35.8. The van der Waals surface area contributed by atoms with Crippen LogP contribution < -0.4 is 86.2 Å². The van der Waals surface area contributed by atoms with Crippen molar-refractivity contribution in [1.29, 1.82) is 5.41 Å². The number of unbranched alkanes of at least 4 members (excludes halogenated alkanes) is 2. The number of benzene rings is 4. The largest absolute Gasteiger partial charge is 0.508 e. The van der Waals surface area contributed by atoms with Gasteiger partial charge in [-0.15, -0.1) is 11.8 Å². The lowest BCUT2D eigenvalue weighted by atomic mass is 9.96. The first-order valence-corrected chi connectivity index (χ1v) is 48.0. The summed E-state index contributed by atoms with van der Waals surface area (Å²) in [5.41, 5.74) is 26.6. The van der Waals surface area contributed by atoms with Gasteiger partial charge < -0.3 is 136 Å². The van der Waals surface area contributed by atoms with Crippen LogP contribution in [0.2, 0.25) is 0 Å². The molecule has 5 heterocycles. The van der Waals surface area contributed by atoms with Crippen LogP contribution in [0.1, 0.15) is 135 Å². The molecule has 3 aliphatic rings. The van der Waals surface area contributed by atoms with Crippen LogP contribution in [0.25, 0.3) is 33.1 Å². The molecule has 3 aliphatic heterocycles. The Balaban J connectivity index is 1.13. The van der Waals surface area contributed by atoms with Gasteiger partial charge in [0.2, 0.25) is 100 Å². The number of phenols is 1. The molecule has 9 rings (SSSR count). The molecule has 25 N–H and O–H groups in total. The number of nitrogens with zero attached hydrogens (tertiary/aromatic N) is 5. The number of guanidine groups is 1.